The fourth-order valence-corrected chi connectivity index (χ4v) is 3.89. The zero-order chi connectivity index (χ0) is 11.8. The van der Waals surface area contributed by atoms with Gasteiger partial charge in [-0.1, -0.05) is 0 Å². The van der Waals surface area contributed by atoms with Crippen LogP contribution in [0.5, 0.6) is 0 Å². The van der Waals surface area contributed by atoms with E-state index in [-0.39, 0.29) is 5.97 Å². The van der Waals surface area contributed by atoms with Gasteiger partial charge in [0.15, 0.2) is 0 Å². The van der Waals surface area contributed by atoms with Gasteiger partial charge in [-0.3, -0.25) is 0 Å². The molecule has 2 aliphatic rings. The molecule has 0 heterocycles. The predicted molar refractivity (Wildman–Crippen MR) is 69.2 cm³/mol. The highest BCUT2D eigenvalue weighted by molar-refractivity contribution is 14.1. The number of rotatable bonds is 2. The summed E-state index contributed by atoms with van der Waals surface area (Å²) in [4.78, 5) is 11.7. The van der Waals surface area contributed by atoms with Gasteiger partial charge in [-0.15, -0.1) is 0 Å². The molecule has 2 fully saturated rings. The van der Waals surface area contributed by atoms with Gasteiger partial charge in [-0.2, -0.15) is 0 Å². The summed E-state index contributed by atoms with van der Waals surface area (Å²) in [5.41, 5.74) is 0.220. The van der Waals surface area contributed by atoms with E-state index in [1.54, 1.807) is 6.92 Å². The second kappa shape index (κ2) is 4.64. The molecule has 0 aromatic rings. The number of hydrogen-bond donors (Lipinski definition) is 1. The van der Waals surface area contributed by atoms with Gasteiger partial charge in [-0.25, -0.2) is 4.79 Å². The lowest BCUT2D eigenvalue weighted by atomic mass is 9.91. The number of carbonyl (C=O) groups excluding carboxylic acids is 1. The van der Waals surface area contributed by atoms with Crippen LogP contribution in [0.2, 0.25) is 0 Å². The molecule has 0 aromatic heterocycles. The van der Waals surface area contributed by atoms with E-state index in [2.05, 4.69) is 0 Å². The van der Waals surface area contributed by atoms with E-state index in [1.807, 2.05) is 22.6 Å². The molecule has 2 rings (SSSR count). The summed E-state index contributed by atoms with van der Waals surface area (Å²) in [5, 5.41) is 10.6. The fraction of sp³-hybridized carbons (Fsp3) is 0.750. The summed E-state index contributed by atoms with van der Waals surface area (Å²) < 4.78 is 5.60. The maximum Gasteiger partial charge on any atom is 0.344 e. The highest BCUT2D eigenvalue weighted by Crippen LogP contribution is 2.52. The van der Waals surface area contributed by atoms with Gasteiger partial charge in [0.2, 0.25) is 0 Å². The Labute approximate surface area is 109 Å². The number of ether oxygens (including phenoxy) is 1. The van der Waals surface area contributed by atoms with Crippen molar-refractivity contribution < 1.29 is 14.6 Å². The number of hydrogen-bond acceptors (Lipinski definition) is 3. The third kappa shape index (κ3) is 1.90. The van der Waals surface area contributed by atoms with Gasteiger partial charge in [0.05, 0.1) is 12.2 Å². The lowest BCUT2D eigenvalue weighted by Crippen LogP contribution is -2.30. The van der Waals surface area contributed by atoms with E-state index < -0.39 is 5.60 Å². The van der Waals surface area contributed by atoms with E-state index in [1.165, 1.54) is 0 Å². The highest BCUT2D eigenvalue weighted by Gasteiger charge is 2.49. The van der Waals surface area contributed by atoms with Crippen LogP contribution in [0.25, 0.3) is 0 Å². The van der Waals surface area contributed by atoms with Crippen molar-refractivity contribution >= 4 is 28.6 Å². The molecule has 2 saturated carbocycles. The molecule has 2 atom stereocenters. The average Bonchev–Trinajstić information content (AvgIpc) is 2.73. The molecule has 0 unspecified atom stereocenters. The Kier molecular flexibility index (Phi) is 3.59. The Morgan fingerprint density at radius 1 is 1.62 bits per heavy atom. The van der Waals surface area contributed by atoms with Crippen molar-refractivity contribution in [2.75, 3.05) is 6.61 Å². The van der Waals surface area contributed by atoms with E-state index in [4.69, 9.17) is 4.74 Å². The second-order valence-electron chi connectivity index (χ2n) is 4.57. The first-order chi connectivity index (χ1) is 7.59. The largest absolute Gasteiger partial charge is 0.462 e. The van der Waals surface area contributed by atoms with Crippen LogP contribution in [-0.2, 0) is 9.53 Å². The summed E-state index contributed by atoms with van der Waals surface area (Å²) >= 11 is 2.02. The molecule has 0 bridgehead atoms. The van der Waals surface area contributed by atoms with Crippen LogP contribution >= 0.6 is 22.6 Å². The SMILES string of the molecule is CCOC(=O)/C(I)=C1\CC[C@@H]2CCC[C@]12O. The molecule has 0 amide bonds. The van der Waals surface area contributed by atoms with E-state index >= 15 is 0 Å². The van der Waals surface area contributed by atoms with Crippen LogP contribution in [0, 0.1) is 5.92 Å². The molecule has 0 saturated heterocycles. The molecular weight excluding hydrogens is 319 g/mol. The number of esters is 1. The number of halogens is 1. The second-order valence-corrected chi connectivity index (χ2v) is 5.64. The zero-order valence-electron chi connectivity index (χ0n) is 9.46. The zero-order valence-corrected chi connectivity index (χ0v) is 11.6. The maximum atomic E-state index is 11.7. The number of aliphatic hydroxyl groups is 1. The van der Waals surface area contributed by atoms with Crippen molar-refractivity contribution in [3.8, 4) is 0 Å². The minimum absolute atomic E-state index is 0.279. The van der Waals surface area contributed by atoms with Gasteiger partial charge in [-0.05, 0) is 73.1 Å². The Morgan fingerprint density at radius 3 is 3.06 bits per heavy atom. The number of fused-ring (bicyclic) bond motifs is 1. The summed E-state index contributed by atoms with van der Waals surface area (Å²) in [7, 11) is 0. The first kappa shape index (κ1) is 12.4. The quantitative estimate of drug-likeness (QED) is 0.479. The normalized spacial score (nSPS) is 36.1. The first-order valence-corrected chi connectivity index (χ1v) is 6.96. The third-order valence-corrected chi connectivity index (χ3v) is 4.86. The van der Waals surface area contributed by atoms with Gasteiger partial charge in [0.1, 0.15) is 3.58 Å². The summed E-state index contributed by atoms with van der Waals surface area (Å²) in [6.45, 7) is 2.19. The van der Waals surface area contributed by atoms with Crippen LogP contribution in [0.4, 0.5) is 0 Å². The topological polar surface area (TPSA) is 46.5 Å². The van der Waals surface area contributed by atoms with Crippen molar-refractivity contribution in [3.63, 3.8) is 0 Å². The third-order valence-electron chi connectivity index (χ3n) is 3.77. The summed E-state index contributed by atoms with van der Waals surface area (Å²) in [6.07, 6.45) is 4.82. The molecule has 0 spiro atoms. The molecule has 0 aromatic carbocycles. The van der Waals surface area contributed by atoms with Crippen molar-refractivity contribution in [2.24, 2.45) is 5.92 Å². The maximum absolute atomic E-state index is 11.7. The van der Waals surface area contributed by atoms with Crippen LogP contribution in [0.15, 0.2) is 9.15 Å². The van der Waals surface area contributed by atoms with Gasteiger partial charge in [0.25, 0.3) is 0 Å². The Hall–Kier alpha value is -0.100. The van der Waals surface area contributed by atoms with Crippen molar-refractivity contribution in [2.45, 2.75) is 44.6 Å². The van der Waals surface area contributed by atoms with Crippen molar-refractivity contribution in [1.29, 1.82) is 0 Å². The summed E-state index contributed by atoms with van der Waals surface area (Å²) in [6, 6.07) is 0. The summed E-state index contributed by atoms with van der Waals surface area (Å²) in [5.74, 6) is 0.0840. The Bertz CT molecular complexity index is 337. The van der Waals surface area contributed by atoms with E-state index in [0.717, 1.165) is 37.7 Å². The van der Waals surface area contributed by atoms with Gasteiger partial charge < -0.3 is 9.84 Å². The van der Waals surface area contributed by atoms with Crippen LogP contribution in [-0.4, -0.2) is 23.3 Å². The standard InChI is InChI=1S/C12H17IO3/c1-2-16-11(14)10(13)9-6-5-8-4-3-7-12(8,9)15/h8,15H,2-7H2,1H3/b10-9-/t8-,12+/m0/s1. The molecule has 0 aliphatic heterocycles. The average molecular weight is 336 g/mol. The molecule has 3 nitrogen and oxygen atoms in total. The fourth-order valence-electron chi connectivity index (χ4n) is 2.99. The van der Waals surface area contributed by atoms with E-state index in [9.17, 15) is 9.90 Å². The van der Waals surface area contributed by atoms with Gasteiger partial charge >= 0.3 is 5.97 Å². The minimum atomic E-state index is -0.705. The van der Waals surface area contributed by atoms with E-state index in [0.29, 0.717) is 16.1 Å². The highest BCUT2D eigenvalue weighted by atomic mass is 127. The van der Waals surface area contributed by atoms with Crippen LogP contribution < -0.4 is 0 Å². The molecule has 0 radical (unpaired) electrons. The molecular formula is C12H17IO3. The molecule has 1 N–H and O–H groups in total. The number of carbonyl (C=O) groups is 1. The molecule has 16 heavy (non-hydrogen) atoms. The lowest BCUT2D eigenvalue weighted by molar-refractivity contribution is -0.137. The Morgan fingerprint density at radius 2 is 2.38 bits per heavy atom. The minimum Gasteiger partial charge on any atom is -0.462 e. The molecule has 4 heteroatoms. The molecule has 90 valence electrons. The van der Waals surface area contributed by atoms with Gasteiger partial charge in [0, 0.05) is 0 Å². The predicted octanol–water partition coefficient (Wildman–Crippen LogP) is 2.56. The smallest absolute Gasteiger partial charge is 0.344 e. The van der Waals surface area contributed by atoms with Crippen LogP contribution in [0.3, 0.4) is 0 Å². The van der Waals surface area contributed by atoms with Crippen molar-refractivity contribution in [1.82, 2.24) is 0 Å². The monoisotopic (exact) mass is 336 g/mol. The molecule has 2 aliphatic carbocycles. The first-order valence-electron chi connectivity index (χ1n) is 5.88. The van der Waals surface area contributed by atoms with Crippen LogP contribution in [0.1, 0.15) is 39.0 Å². The lowest BCUT2D eigenvalue weighted by Gasteiger charge is -2.25. The van der Waals surface area contributed by atoms with Crippen molar-refractivity contribution in [3.05, 3.63) is 9.15 Å². The Balaban J connectivity index is 2.26.